The molecule has 1 rings (SSSR count). The molecule has 70 valence electrons. The van der Waals surface area contributed by atoms with Gasteiger partial charge in [0.15, 0.2) is 5.82 Å². The van der Waals surface area contributed by atoms with Gasteiger partial charge < -0.3 is 4.84 Å². The highest BCUT2D eigenvalue weighted by Crippen LogP contribution is 2.30. The van der Waals surface area contributed by atoms with E-state index >= 15 is 0 Å². The van der Waals surface area contributed by atoms with Gasteiger partial charge in [0.05, 0.1) is 0 Å². The Kier molecular flexibility index (Phi) is 3.07. The predicted octanol–water partition coefficient (Wildman–Crippen LogP) is -0.699. The molecular formula is C5H6N4O2S2. The zero-order chi connectivity index (χ0) is 9.90. The van der Waals surface area contributed by atoms with Gasteiger partial charge in [0, 0.05) is 0 Å². The smallest absolute Gasteiger partial charge is 0.358 e. The molecule has 6 nitrogen and oxygen atoms in total. The summed E-state index contributed by atoms with van der Waals surface area (Å²) in [5.41, 5.74) is 0. The average molecular weight is 218 g/mol. The minimum absolute atomic E-state index is 0.0598. The number of nitrogens with two attached hydrogens (primary N) is 1. The zero-order valence-electron chi connectivity index (χ0n) is 6.28. The molecule has 0 atom stereocenters. The van der Waals surface area contributed by atoms with Crippen LogP contribution in [-0.4, -0.2) is 20.9 Å². The van der Waals surface area contributed by atoms with E-state index in [0.29, 0.717) is 0 Å². The Hall–Kier alpha value is -0.860. The van der Waals surface area contributed by atoms with Gasteiger partial charge in [-0.25, -0.2) is 19.7 Å². The lowest BCUT2D eigenvalue weighted by molar-refractivity contribution is -0.144. The third-order valence-corrected chi connectivity index (χ3v) is 1.96. The van der Waals surface area contributed by atoms with Crippen molar-refractivity contribution < 1.29 is 9.63 Å². The SMILES string of the molecule is NOC(=O)C(S)(S)c1ncncn1. The van der Waals surface area contributed by atoms with Gasteiger partial charge in [0.2, 0.25) is 4.08 Å². The molecule has 0 aliphatic rings. The fourth-order valence-electron chi connectivity index (χ4n) is 0.593. The first-order valence-corrected chi connectivity index (χ1v) is 3.97. The molecule has 0 saturated heterocycles. The van der Waals surface area contributed by atoms with Gasteiger partial charge in [-0.1, -0.05) is 0 Å². The standard InChI is InChI=1S/C5H6N4O2S2/c6-11-4(10)5(12,13)3-8-1-7-2-9-3/h1-2,12-13H,6H2. The summed E-state index contributed by atoms with van der Waals surface area (Å²) in [6.45, 7) is 0. The van der Waals surface area contributed by atoms with Crippen LogP contribution in [0.4, 0.5) is 0 Å². The quantitative estimate of drug-likeness (QED) is 0.345. The molecule has 8 heteroatoms. The highest BCUT2D eigenvalue weighted by atomic mass is 32.2. The third kappa shape index (κ3) is 2.08. The van der Waals surface area contributed by atoms with Crippen LogP contribution in [0.5, 0.6) is 0 Å². The lowest BCUT2D eigenvalue weighted by Crippen LogP contribution is -2.30. The maximum atomic E-state index is 11.0. The van der Waals surface area contributed by atoms with Crippen LogP contribution in [0, 0.1) is 0 Å². The van der Waals surface area contributed by atoms with E-state index in [4.69, 9.17) is 0 Å². The monoisotopic (exact) mass is 218 g/mol. The molecule has 0 bridgehead atoms. The van der Waals surface area contributed by atoms with Crippen LogP contribution in [0.25, 0.3) is 0 Å². The Morgan fingerprint density at radius 3 is 2.46 bits per heavy atom. The fourth-order valence-corrected chi connectivity index (χ4v) is 0.929. The largest absolute Gasteiger partial charge is 0.371 e. The number of hydrogen-bond acceptors (Lipinski definition) is 8. The second-order valence-corrected chi connectivity index (χ2v) is 3.73. The molecule has 1 aromatic rings. The topological polar surface area (TPSA) is 91.0 Å². The predicted molar refractivity (Wildman–Crippen MR) is 49.8 cm³/mol. The van der Waals surface area contributed by atoms with Crippen molar-refractivity contribution in [3.8, 4) is 0 Å². The van der Waals surface area contributed by atoms with Crippen LogP contribution in [0.3, 0.4) is 0 Å². The van der Waals surface area contributed by atoms with E-state index in [0.717, 1.165) is 0 Å². The average Bonchev–Trinajstić information content (AvgIpc) is 2.18. The van der Waals surface area contributed by atoms with Gasteiger partial charge in [-0.05, 0) is 0 Å². The first-order chi connectivity index (χ1) is 6.09. The molecule has 0 spiro atoms. The normalized spacial score (nSPS) is 11.0. The summed E-state index contributed by atoms with van der Waals surface area (Å²) in [5, 5.41) is 0. The molecule has 2 N–H and O–H groups in total. The number of carbonyl (C=O) groups excluding carboxylic acids is 1. The number of aromatic nitrogens is 3. The van der Waals surface area contributed by atoms with Gasteiger partial charge >= 0.3 is 5.97 Å². The van der Waals surface area contributed by atoms with Crippen LogP contribution in [0.15, 0.2) is 12.7 Å². The van der Waals surface area contributed by atoms with Crippen LogP contribution < -0.4 is 5.90 Å². The number of nitrogens with zero attached hydrogens (tertiary/aromatic N) is 3. The molecule has 13 heavy (non-hydrogen) atoms. The molecule has 0 radical (unpaired) electrons. The molecule has 0 aliphatic carbocycles. The Bertz CT molecular complexity index is 305. The molecule has 1 heterocycles. The van der Waals surface area contributed by atoms with E-state index in [1.54, 1.807) is 0 Å². The highest BCUT2D eigenvalue weighted by Gasteiger charge is 2.37. The number of carbonyl (C=O) groups is 1. The molecule has 0 aliphatic heterocycles. The second kappa shape index (κ2) is 3.90. The number of rotatable bonds is 2. The minimum Gasteiger partial charge on any atom is -0.371 e. The summed E-state index contributed by atoms with van der Waals surface area (Å²) in [7, 11) is 0. The van der Waals surface area contributed by atoms with Crippen molar-refractivity contribution >= 4 is 31.2 Å². The number of hydrogen-bond donors (Lipinski definition) is 3. The van der Waals surface area contributed by atoms with Gasteiger partial charge in [0.1, 0.15) is 12.7 Å². The Morgan fingerprint density at radius 2 is 2.00 bits per heavy atom. The van der Waals surface area contributed by atoms with Crippen LogP contribution >= 0.6 is 25.3 Å². The Labute approximate surface area is 84.7 Å². The molecule has 0 amide bonds. The van der Waals surface area contributed by atoms with Crippen molar-refractivity contribution in [2.24, 2.45) is 5.90 Å². The lowest BCUT2D eigenvalue weighted by Gasteiger charge is -2.15. The Morgan fingerprint density at radius 1 is 1.46 bits per heavy atom. The summed E-state index contributed by atoms with van der Waals surface area (Å²) in [6.07, 6.45) is 2.43. The minimum atomic E-state index is -1.56. The molecular weight excluding hydrogens is 212 g/mol. The first kappa shape index (κ1) is 10.2. The van der Waals surface area contributed by atoms with Crippen molar-refractivity contribution in [3.63, 3.8) is 0 Å². The van der Waals surface area contributed by atoms with E-state index < -0.39 is 10.0 Å². The lowest BCUT2D eigenvalue weighted by atomic mass is 10.4. The van der Waals surface area contributed by atoms with Crippen molar-refractivity contribution in [1.82, 2.24) is 15.0 Å². The van der Waals surface area contributed by atoms with Gasteiger partial charge in [-0.15, -0.1) is 25.3 Å². The molecule has 0 unspecified atom stereocenters. The summed E-state index contributed by atoms with van der Waals surface area (Å²) < 4.78 is -1.56. The van der Waals surface area contributed by atoms with E-state index in [-0.39, 0.29) is 5.82 Å². The Balaban J connectivity index is 3.00. The molecule has 0 aromatic carbocycles. The van der Waals surface area contributed by atoms with Crippen LogP contribution in [-0.2, 0) is 13.7 Å². The van der Waals surface area contributed by atoms with E-state index in [9.17, 15) is 4.79 Å². The van der Waals surface area contributed by atoms with E-state index in [2.05, 4.69) is 50.9 Å². The van der Waals surface area contributed by atoms with Crippen LogP contribution in [0.2, 0.25) is 0 Å². The summed E-state index contributed by atoms with van der Waals surface area (Å²) >= 11 is 7.82. The molecule has 0 saturated carbocycles. The van der Waals surface area contributed by atoms with Crippen LogP contribution in [0.1, 0.15) is 5.82 Å². The number of thiol groups is 2. The summed E-state index contributed by atoms with van der Waals surface area (Å²) in [5.74, 6) is 3.88. The van der Waals surface area contributed by atoms with Crippen molar-refractivity contribution in [2.75, 3.05) is 0 Å². The molecule has 0 fully saturated rings. The van der Waals surface area contributed by atoms with E-state index in [1.165, 1.54) is 12.7 Å². The first-order valence-electron chi connectivity index (χ1n) is 3.07. The van der Waals surface area contributed by atoms with E-state index in [1.807, 2.05) is 0 Å². The summed E-state index contributed by atoms with van der Waals surface area (Å²) in [4.78, 5) is 26.0. The molecule has 1 aromatic heterocycles. The van der Waals surface area contributed by atoms with Crippen molar-refractivity contribution in [2.45, 2.75) is 4.08 Å². The van der Waals surface area contributed by atoms with Crippen molar-refractivity contribution in [3.05, 3.63) is 18.5 Å². The van der Waals surface area contributed by atoms with Crippen molar-refractivity contribution in [1.29, 1.82) is 0 Å². The van der Waals surface area contributed by atoms with Gasteiger partial charge in [-0.2, -0.15) is 5.90 Å². The summed E-state index contributed by atoms with van der Waals surface area (Å²) in [6, 6.07) is 0. The highest BCUT2D eigenvalue weighted by molar-refractivity contribution is 8.01. The zero-order valence-corrected chi connectivity index (χ0v) is 8.07. The van der Waals surface area contributed by atoms with Gasteiger partial charge in [0.25, 0.3) is 0 Å². The second-order valence-electron chi connectivity index (χ2n) is 2.04. The third-order valence-electron chi connectivity index (χ3n) is 1.20. The van der Waals surface area contributed by atoms with Gasteiger partial charge in [-0.3, -0.25) is 0 Å². The fraction of sp³-hybridized carbons (Fsp3) is 0.200. The maximum absolute atomic E-state index is 11.0. The maximum Gasteiger partial charge on any atom is 0.358 e.